The SMILES string of the molecule is CCCN1CC(C)(CO)OCC1=O. The molecular formula is C9H17NO3. The second-order valence-corrected chi connectivity index (χ2v) is 3.71. The molecule has 0 aliphatic carbocycles. The zero-order valence-corrected chi connectivity index (χ0v) is 8.25. The van der Waals surface area contributed by atoms with Gasteiger partial charge in [-0.3, -0.25) is 4.79 Å². The van der Waals surface area contributed by atoms with Gasteiger partial charge in [-0.1, -0.05) is 6.92 Å². The van der Waals surface area contributed by atoms with Crippen molar-refractivity contribution in [3.63, 3.8) is 0 Å². The highest BCUT2D eigenvalue weighted by Crippen LogP contribution is 2.17. The Balaban J connectivity index is 2.57. The summed E-state index contributed by atoms with van der Waals surface area (Å²) < 4.78 is 5.26. The molecule has 1 amide bonds. The summed E-state index contributed by atoms with van der Waals surface area (Å²) in [6.45, 7) is 5.15. The van der Waals surface area contributed by atoms with E-state index in [2.05, 4.69) is 0 Å². The van der Waals surface area contributed by atoms with Gasteiger partial charge in [-0.15, -0.1) is 0 Å². The smallest absolute Gasteiger partial charge is 0.248 e. The van der Waals surface area contributed by atoms with Gasteiger partial charge in [0.1, 0.15) is 12.2 Å². The topological polar surface area (TPSA) is 49.8 Å². The second-order valence-electron chi connectivity index (χ2n) is 3.71. The number of rotatable bonds is 3. The lowest BCUT2D eigenvalue weighted by atomic mass is 10.1. The molecule has 1 fully saturated rings. The minimum absolute atomic E-state index is 0.0211. The number of amides is 1. The Kier molecular flexibility index (Phi) is 3.27. The molecule has 0 aromatic heterocycles. The van der Waals surface area contributed by atoms with Gasteiger partial charge >= 0.3 is 0 Å². The Bertz CT molecular complexity index is 195. The lowest BCUT2D eigenvalue weighted by Crippen LogP contribution is -2.54. The Morgan fingerprint density at radius 2 is 2.38 bits per heavy atom. The van der Waals surface area contributed by atoms with Crippen LogP contribution < -0.4 is 0 Å². The van der Waals surface area contributed by atoms with Gasteiger partial charge < -0.3 is 14.7 Å². The van der Waals surface area contributed by atoms with Crippen LogP contribution in [0.1, 0.15) is 20.3 Å². The van der Waals surface area contributed by atoms with Crippen molar-refractivity contribution in [2.24, 2.45) is 0 Å². The second kappa shape index (κ2) is 4.07. The summed E-state index contributed by atoms with van der Waals surface area (Å²) in [4.78, 5) is 13.1. The molecule has 0 aromatic rings. The molecule has 1 aliphatic rings. The predicted molar refractivity (Wildman–Crippen MR) is 48.3 cm³/mol. The van der Waals surface area contributed by atoms with Crippen LogP contribution in [0, 0.1) is 0 Å². The van der Waals surface area contributed by atoms with E-state index in [1.54, 1.807) is 4.90 Å². The van der Waals surface area contributed by atoms with Gasteiger partial charge in [0.05, 0.1) is 13.2 Å². The third kappa shape index (κ3) is 2.42. The fraction of sp³-hybridized carbons (Fsp3) is 0.889. The average Bonchev–Trinajstić information content (AvgIpc) is 2.12. The van der Waals surface area contributed by atoms with E-state index in [1.807, 2.05) is 13.8 Å². The highest BCUT2D eigenvalue weighted by atomic mass is 16.5. The number of ether oxygens (including phenoxy) is 1. The van der Waals surface area contributed by atoms with Crippen LogP contribution >= 0.6 is 0 Å². The number of hydrogen-bond acceptors (Lipinski definition) is 3. The molecule has 1 saturated heterocycles. The molecule has 1 rings (SSSR count). The molecule has 4 heteroatoms. The maximum atomic E-state index is 11.3. The van der Waals surface area contributed by atoms with Crippen molar-refractivity contribution in [3.8, 4) is 0 Å². The Morgan fingerprint density at radius 1 is 1.69 bits per heavy atom. The number of carbonyl (C=O) groups is 1. The summed E-state index contributed by atoms with van der Waals surface area (Å²) in [6.07, 6.45) is 0.938. The lowest BCUT2D eigenvalue weighted by molar-refractivity contribution is -0.166. The molecule has 0 spiro atoms. The first-order chi connectivity index (χ1) is 6.11. The van der Waals surface area contributed by atoms with E-state index in [9.17, 15) is 4.79 Å². The molecule has 1 unspecified atom stereocenters. The molecule has 0 aromatic carbocycles. The lowest BCUT2D eigenvalue weighted by Gasteiger charge is -2.38. The molecule has 0 radical (unpaired) electrons. The molecule has 76 valence electrons. The quantitative estimate of drug-likeness (QED) is 0.677. The van der Waals surface area contributed by atoms with Crippen molar-refractivity contribution in [3.05, 3.63) is 0 Å². The van der Waals surface area contributed by atoms with Crippen molar-refractivity contribution < 1.29 is 14.6 Å². The minimum atomic E-state index is -0.566. The first kappa shape index (κ1) is 10.5. The van der Waals surface area contributed by atoms with E-state index in [0.29, 0.717) is 6.54 Å². The molecule has 4 nitrogen and oxygen atoms in total. The fourth-order valence-electron chi connectivity index (χ4n) is 1.43. The van der Waals surface area contributed by atoms with Gasteiger partial charge in [0, 0.05) is 6.54 Å². The molecule has 1 heterocycles. The first-order valence-electron chi connectivity index (χ1n) is 4.64. The number of carbonyl (C=O) groups excluding carboxylic acids is 1. The summed E-state index contributed by atoms with van der Waals surface area (Å²) in [7, 11) is 0. The summed E-state index contributed by atoms with van der Waals surface area (Å²) in [6, 6.07) is 0. The standard InChI is InChI=1S/C9H17NO3/c1-3-4-10-6-9(2,7-11)13-5-8(10)12/h11H,3-7H2,1-2H3. The first-order valence-corrected chi connectivity index (χ1v) is 4.64. The average molecular weight is 187 g/mol. The largest absolute Gasteiger partial charge is 0.393 e. The van der Waals surface area contributed by atoms with Crippen molar-refractivity contribution in [1.29, 1.82) is 0 Å². The molecule has 0 saturated carbocycles. The predicted octanol–water partition coefficient (Wildman–Crippen LogP) is 0.00620. The molecule has 13 heavy (non-hydrogen) atoms. The van der Waals surface area contributed by atoms with E-state index in [4.69, 9.17) is 9.84 Å². The highest BCUT2D eigenvalue weighted by molar-refractivity contribution is 5.78. The van der Waals surface area contributed by atoms with Crippen LogP contribution in [0.5, 0.6) is 0 Å². The third-order valence-electron chi connectivity index (χ3n) is 2.25. The van der Waals surface area contributed by atoms with Gasteiger partial charge in [0.15, 0.2) is 0 Å². The fourth-order valence-corrected chi connectivity index (χ4v) is 1.43. The van der Waals surface area contributed by atoms with Crippen LogP contribution in [0.4, 0.5) is 0 Å². The zero-order valence-electron chi connectivity index (χ0n) is 8.25. The summed E-state index contributed by atoms with van der Waals surface area (Å²) in [5.41, 5.74) is -0.566. The van der Waals surface area contributed by atoms with Crippen molar-refractivity contribution in [1.82, 2.24) is 4.90 Å². The summed E-state index contributed by atoms with van der Waals surface area (Å²) in [5, 5.41) is 9.06. The summed E-state index contributed by atoms with van der Waals surface area (Å²) >= 11 is 0. The highest BCUT2D eigenvalue weighted by Gasteiger charge is 2.34. The van der Waals surface area contributed by atoms with Gasteiger partial charge in [0.2, 0.25) is 5.91 Å². The molecular weight excluding hydrogens is 170 g/mol. The van der Waals surface area contributed by atoms with E-state index >= 15 is 0 Å². The van der Waals surface area contributed by atoms with Crippen molar-refractivity contribution in [2.75, 3.05) is 26.3 Å². The van der Waals surface area contributed by atoms with Gasteiger partial charge in [-0.25, -0.2) is 0 Å². The Hall–Kier alpha value is -0.610. The van der Waals surface area contributed by atoms with Crippen LogP contribution in [0.15, 0.2) is 0 Å². The summed E-state index contributed by atoms with van der Waals surface area (Å²) in [5.74, 6) is 0.0211. The van der Waals surface area contributed by atoms with E-state index in [-0.39, 0.29) is 19.1 Å². The van der Waals surface area contributed by atoms with E-state index in [0.717, 1.165) is 13.0 Å². The maximum Gasteiger partial charge on any atom is 0.248 e. The van der Waals surface area contributed by atoms with Crippen LogP contribution in [0.3, 0.4) is 0 Å². The van der Waals surface area contributed by atoms with Crippen LogP contribution in [0.25, 0.3) is 0 Å². The third-order valence-corrected chi connectivity index (χ3v) is 2.25. The number of aliphatic hydroxyl groups is 1. The number of nitrogens with zero attached hydrogens (tertiary/aromatic N) is 1. The van der Waals surface area contributed by atoms with Gasteiger partial charge in [-0.2, -0.15) is 0 Å². The van der Waals surface area contributed by atoms with E-state index in [1.165, 1.54) is 0 Å². The van der Waals surface area contributed by atoms with Crippen LogP contribution in [-0.4, -0.2) is 47.8 Å². The zero-order chi connectivity index (χ0) is 9.90. The van der Waals surface area contributed by atoms with Crippen molar-refractivity contribution in [2.45, 2.75) is 25.9 Å². The monoisotopic (exact) mass is 187 g/mol. The Morgan fingerprint density at radius 3 is 2.92 bits per heavy atom. The van der Waals surface area contributed by atoms with Crippen LogP contribution in [0.2, 0.25) is 0 Å². The van der Waals surface area contributed by atoms with Crippen LogP contribution in [-0.2, 0) is 9.53 Å². The number of morpholine rings is 1. The number of hydrogen-bond donors (Lipinski definition) is 1. The number of aliphatic hydroxyl groups excluding tert-OH is 1. The molecule has 1 aliphatic heterocycles. The van der Waals surface area contributed by atoms with Gasteiger partial charge in [-0.05, 0) is 13.3 Å². The van der Waals surface area contributed by atoms with Gasteiger partial charge in [0.25, 0.3) is 0 Å². The van der Waals surface area contributed by atoms with Crippen molar-refractivity contribution >= 4 is 5.91 Å². The molecule has 1 atom stereocenters. The van der Waals surface area contributed by atoms with E-state index < -0.39 is 5.60 Å². The minimum Gasteiger partial charge on any atom is -0.393 e. The maximum absolute atomic E-state index is 11.3. The molecule has 1 N–H and O–H groups in total. The normalized spacial score (nSPS) is 29.5. The Labute approximate surface area is 78.5 Å². The molecule has 0 bridgehead atoms.